The third-order valence-corrected chi connectivity index (χ3v) is 3.97. The van der Waals surface area contributed by atoms with Gasteiger partial charge in [-0.05, 0) is 54.2 Å². The lowest BCUT2D eigenvalue weighted by Gasteiger charge is -2.29. The van der Waals surface area contributed by atoms with Crippen LogP contribution in [0.1, 0.15) is 24.0 Å². The lowest BCUT2D eigenvalue weighted by molar-refractivity contribution is -0.384. The number of aliphatic hydroxyl groups is 1. The Kier molecular flexibility index (Phi) is 3.22. The fourth-order valence-electron chi connectivity index (χ4n) is 2.68. The molecule has 1 saturated carbocycles. The molecule has 21 heavy (non-hydrogen) atoms. The van der Waals surface area contributed by atoms with Crippen LogP contribution in [-0.4, -0.2) is 10.0 Å². The van der Waals surface area contributed by atoms with Crippen LogP contribution in [0.4, 0.5) is 10.1 Å². The van der Waals surface area contributed by atoms with Crippen molar-refractivity contribution in [1.29, 1.82) is 0 Å². The van der Waals surface area contributed by atoms with Crippen LogP contribution < -0.4 is 0 Å². The van der Waals surface area contributed by atoms with Gasteiger partial charge < -0.3 is 5.11 Å². The normalized spacial score (nSPS) is 17.2. The molecule has 0 saturated heterocycles. The molecule has 2 aromatic rings. The molecule has 0 heterocycles. The average molecular weight is 287 g/mol. The first kappa shape index (κ1) is 13.7. The van der Waals surface area contributed by atoms with Crippen LogP contribution in [0.3, 0.4) is 0 Å². The third-order valence-electron chi connectivity index (χ3n) is 3.97. The summed E-state index contributed by atoms with van der Waals surface area (Å²) >= 11 is 0. The standard InChI is InChI=1S/C16H14FNO3/c17-14-7-3-12(4-8-14)16(19,11-1-2-11)13-5-9-15(10-6-13)18(20)21/h3-11,19H,1-2H2. The molecule has 1 unspecified atom stereocenters. The van der Waals surface area contributed by atoms with E-state index in [0.717, 1.165) is 12.8 Å². The molecule has 1 atom stereocenters. The second-order valence-corrected chi connectivity index (χ2v) is 5.35. The fraction of sp³-hybridized carbons (Fsp3) is 0.250. The SMILES string of the molecule is O=[N+]([O-])c1ccc(C(O)(c2ccc(F)cc2)C2CC2)cc1. The summed E-state index contributed by atoms with van der Waals surface area (Å²) in [5.41, 5.74) is -0.0264. The number of non-ortho nitro benzene ring substituents is 1. The van der Waals surface area contributed by atoms with E-state index in [-0.39, 0.29) is 17.4 Å². The molecule has 0 radical (unpaired) electrons. The van der Waals surface area contributed by atoms with Crippen molar-refractivity contribution in [3.05, 3.63) is 75.6 Å². The van der Waals surface area contributed by atoms with Crippen molar-refractivity contribution in [3.63, 3.8) is 0 Å². The lowest BCUT2D eigenvalue weighted by Crippen LogP contribution is -2.29. The van der Waals surface area contributed by atoms with Crippen LogP contribution in [0, 0.1) is 21.8 Å². The van der Waals surface area contributed by atoms with Gasteiger partial charge in [-0.2, -0.15) is 0 Å². The third kappa shape index (κ3) is 2.40. The molecule has 0 bridgehead atoms. The molecule has 5 heteroatoms. The highest BCUT2D eigenvalue weighted by Gasteiger charge is 2.46. The summed E-state index contributed by atoms with van der Waals surface area (Å²) in [5, 5.41) is 21.8. The maximum Gasteiger partial charge on any atom is 0.269 e. The largest absolute Gasteiger partial charge is 0.380 e. The number of nitro benzene ring substituents is 1. The highest BCUT2D eigenvalue weighted by Crippen LogP contribution is 2.49. The molecule has 1 N–H and O–H groups in total. The summed E-state index contributed by atoms with van der Waals surface area (Å²) in [4.78, 5) is 10.2. The minimum absolute atomic E-state index is 0.0176. The Labute approximate surface area is 121 Å². The van der Waals surface area contributed by atoms with Crippen LogP contribution >= 0.6 is 0 Å². The molecule has 0 aliphatic heterocycles. The van der Waals surface area contributed by atoms with E-state index in [1.54, 1.807) is 24.3 Å². The number of hydrogen-bond donors (Lipinski definition) is 1. The van der Waals surface area contributed by atoms with E-state index in [2.05, 4.69) is 0 Å². The van der Waals surface area contributed by atoms with Gasteiger partial charge in [0.15, 0.2) is 0 Å². The Bertz CT molecular complexity index is 665. The van der Waals surface area contributed by atoms with E-state index in [9.17, 15) is 19.6 Å². The molecule has 108 valence electrons. The van der Waals surface area contributed by atoms with Gasteiger partial charge in [0.25, 0.3) is 5.69 Å². The molecule has 1 fully saturated rings. The Balaban J connectivity index is 2.04. The highest BCUT2D eigenvalue weighted by molar-refractivity contribution is 5.42. The van der Waals surface area contributed by atoms with E-state index in [4.69, 9.17) is 0 Å². The summed E-state index contributed by atoms with van der Waals surface area (Å²) in [5.74, 6) is -0.301. The smallest absolute Gasteiger partial charge is 0.269 e. The Hall–Kier alpha value is -2.27. The lowest BCUT2D eigenvalue weighted by atomic mass is 9.82. The first-order valence-corrected chi connectivity index (χ1v) is 6.75. The van der Waals surface area contributed by atoms with Crippen molar-refractivity contribution in [2.75, 3.05) is 0 Å². The number of nitrogens with zero attached hydrogens (tertiary/aromatic N) is 1. The summed E-state index contributed by atoms with van der Waals surface area (Å²) in [6.07, 6.45) is 1.76. The number of halogens is 1. The first-order chi connectivity index (χ1) is 10.0. The van der Waals surface area contributed by atoms with E-state index in [1.807, 2.05) is 0 Å². The van der Waals surface area contributed by atoms with E-state index in [0.29, 0.717) is 11.1 Å². The summed E-state index contributed by atoms with van der Waals surface area (Å²) in [6.45, 7) is 0. The van der Waals surface area contributed by atoms with Crippen molar-refractivity contribution < 1.29 is 14.4 Å². The summed E-state index contributed by atoms with van der Waals surface area (Å²) < 4.78 is 13.1. The zero-order valence-corrected chi connectivity index (χ0v) is 11.2. The van der Waals surface area contributed by atoms with Crippen molar-refractivity contribution in [3.8, 4) is 0 Å². The molecule has 1 aliphatic carbocycles. The highest BCUT2D eigenvalue weighted by atomic mass is 19.1. The number of hydrogen-bond acceptors (Lipinski definition) is 3. The van der Waals surface area contributed by atoms with E-state index >= 15 is 0 Å². The maximum atomic E-state index is 13.1. The van der Waals surface area contributed by atoms with E-state index < -0.39 is 10.5 Å². The van der Waals surface area contributed by atoms with Gasteiger partial charge in [-0.15, -0.1) is 0 Å². The summed E-state index contributed by atoms with van der Waals surface area (Å²) in [6, 6.07) is 11.7. The minimum Gasteiger partial charge on any atom is -0.380 e. The van der Waals surface area contributed by atoms with Gasteiger partial charge in [-0.1, -0.05) is 12.1 Å². The van der Waals surface area contributed by atoms with Gasteiger partial charge in [0.05, 0.1) is 4.92 Å². The molecule has 0 aromatic heterocycles. The Morgan fingerprint density at radius 1 is 1.05 bits per heavy atom. The molecule has 3 rings (SSSR count). The number of nitro groups is 1. The predicted octanol–water partition coefficient (Wildman–Crippen LogP) is 3.38. The van der Waals surface area contributed by atoms with Crippen molar-refractivity contribution in [2.24, 2.45) is 5.92 Å². The van der Waals surface area contributed by atoms with Crippen molar-refractivity contribution in [2.45, 2.75) is 18.4 Å². The number of rotatable bonds is 4. The second kappa shape index (κ2) is 4.93. The van der Waals surface area contributed by atoms with Crippen molar-refractivity contribution in [1.82, 2.24) is 0 Å². The monoisotopic (exact) mass is 287 g/mol. The number of benzene rings is 2. The molecule has 0 spiro atoms. The van der Waals surface area contributed by atoms with Gasteiger partial charge in [0.2, 0.25) is 0 Å². The maximum absolute atomic E-state index is 13.1. The van der Waals surface area contributed by atoms with Crippen LogP contribution in [0.2, 0.25) is 0 Å². The van der Waals surface area contributed by atoms with Gasteiger partial charge in [0, 0.05) is 12.1 Å². The quantitative estimate of drug-likeness (QED) is 0.692. The predicted molar refractivity (Wildman–Crippen MR) is 75.2 cm³/mol. The van der Waals surface area contributed by atoms with Crippen LogP contribution in [0.5, 0.6) is 0 Å². The average Bonchev–Trinajstić information content (AvgIpc) is 3.32. The molecular formula is C16H14FNO3. The molecule has 2 aromatic carbocycles. The first-order valence-electron chi connectivity index (χ1n) is 6.75. The zero-order valence-electron chi connectivity index (χ0n) is 11.2. The van der Waals surface area contributed by atoms with Crippen molar-refractivity contribution >= 4 is 5.69 Å². The molecule has 1 aliphatic rings. The van der Waals surface area contributed by atoms with Gasteiger partial charge in [-0.3, -0.25) is 10.1 Å². The molecular weight excluding hydrogens is 273 g/mol. The van der Waals surface area contributed by atoms with Crippen LogP contribution in [0.25, 0.3) is 0 Å². The Morgan fingerprint density at radius 2 is 1.52 bits per heavy atom. The topological polar surface area (TPSA) is 63.4 Å². The zero-order chi connectivity index (χ0) is 15.0. The van der Waals surface area contributed by atoms with Crippen LogP contribution in [-0.2, 0) is 5.60 Å². The Morgan fingerprint density at radius 3 is 1.95 bits per heavy atom. The van der Waals surface area contributed by atoms with E-state index in [1.165, 1.54) is 24.3 Å². The second-order valence-electron chi connectivity index (χ2n) is 5.35. The fourth-order valence-corrected chi connectivity index (χ4v) is 2.68. The van der Waals surface area contributed by atoms with Gasteiger partial charge in [-0.25, -0.2) is 4.39 Å². The van der Waals surface area contributed by atoms with Gasteiger partial charge in [0.1, 0.15) is 11.4 Å². The van der Waals surface area contributed by atoms with Crippen LogP contribution in [0.15, 0.2) is 48.5 Å². The molecule has 0 amide bonds. The minimum atomic E-state index is -1.22. The summed E-state index contributed by atoms with van der Waals surface area (Å²) in [7, 11) is 0. The van der Waals surface area contributed by atoms with Gasteiger partial charge >= 0.3 is 0 Å². The molecule has 4 nitrogen and oxygen atoms in total.